The molecule has 0 aliphatic heterocycles. The second-order valence-electron chi connectivity index (χ2n) is 6.35. The molecular weight excluding hydrogens is 369 g/mol. The summed E-state index contributed by atoms with van der Waals surface area (Å²) in [6.07, 6.45) is 3.40. The van der Waals surface area contributed by atoms with Gasteiger partial charge in [-0.3, -0.25) is 9.59 Å². The zero-order valence-corrected chi connectivity index (χ0v) is 15.2. The van der Waals surface area contributed by atoms with E-state index in [4.69, 9.17) is 0 Å². The molecule has 0 aliphatic rings. The highest BCUT2D eigenvalue weighted by atomic mass is 19.1. The molecule has 6 heteroatoms. The van der Waals surface area contributed by atoms with Crippen LogP contribution in [0.3, 0.4) is 0 Å². The Kier molecular flexibility index (Phi) is 4.99. The Morgan fingerprint density at radius 1 is 0.862 bits per heavy atom. The van der Waals surface area contributed by atoms with E-state index in [1.807, 2.05) is 12.1 Å². The Morgan fingerprint density at radius 2 is 1.55 bits per heavy atom. The van der Waals surface area contributed by atoms with Crippen LogP contribution in [0.4, 0.5) is 10.1 Å². The summed E-state index contributed by atoms with van der Waals surface area (Å²) in [4.78, 5) is 32.8. The van der Waals surface area contributed by atoms with Gasteiger partial charge in [-0.25, -0.2) is 9.37 Å². The maximum atomic E-state index is 13.1. The topological polar surface area (TPSA) is 74.8 Å². The lowest BCUT2D eigenvalue weighted by molar-refractivity contribution is 0.0996. The molecule has 0 saturated carbocycles. The number of nitrogens with one attached hydrogen (secondary N) is 2. The maximum Gasteiger partial charge on any atom is 0.256 e. The molecule has 2 N–H and O–H groups in total. The van der Waals surface area contributed by atoms with Crippen molar-refractivity contribution >= 4 is 17.4 Å². The van der Waals surface area contributed by atoms with Gasteiger partial charge in [0.15, 0.2) is 5.78 Å². The first-order valence-electron chi connectivity index (χ1n) is 8.92. The molecule has 29 heavy (non-hydrogen) atoms. The lowest BCUT2D eigenvalue weighted by atomic mass is 9.98. The van der Waals surface area contributed by atoms with Crippen LogP contribution in [0.25, 0.3) is 11.4 Å². The van der Waals surface area contributed by atoms with Crippen molar-refractivity contribution in [1.29, 1.82) is 0 Å². The molecule has 0 spiro atoms. The Hall–Kier alpha value is -4.06. The number of carbonyl (C=O) groups excluding carboxylic acids is 2. The average molecular weight is 385 g/mol. The van der Waals surface area contributed by atoms with Crippen LogP contribution >= 0.6 is 0 Å². The van der Waals surface area contributed by atoms with Gasteiger partial charge in [-0.1, -0.05) is 18.2 Å². The summed E-state index contributed by atoms with van der Waals surface area (Å²) < 4.78 is 13.1. The number of H-pyrrole nitrogens is 1. The summed E-state index contributed by atoms with van der Waals surface area (Å²) in [6.45, 7) is 0. The molecule has 0 fully saturated rings. The molecule has 142 valence electrons. The number of amides is 1. The van der Waals surface area contributed by atoms with Gasteiger partial charge >= 0.3 is 0 Å². The van der Waals surface area contributed by atoms with E-state index in [2.05, 4.69) is 15.3 Å². The van der Waals surface area contributed by atoms with Gasteiger partial charge in [-0.2, -0.15) is 0 Å². The van der Waals surface area contributed by atoms with Crippen LogP contribution in [0.15, 0.2) is 85.2 Å². The van der Waals surface area contributed by atoms with Crippen molar-refractivity contribution < 1.29 is 14.0 Å². The highest BCUT2D eigenvalue weighted by molar-refractivity contribution is 6.17. The molecule has 1 aromatic heterocycles. The lowest BCUT2D eigenvalue weighted by Crippen LogP contribution is -2.17. The van der Waals surface area contributed by atoms with Crippen LogP contribution in [0.5, 0.6) is 0 Å². The number of aromatic amines is 1. The van der Waals surface area contributed by atoms with E-state index in [9.17, 15) is 14.0 Å². The zero-order valence-electron chi connectivity index (χ0n) is 15.2. The number of aromatic nitrogens is 2. The minimum absolute atomic E-state index is 0.247. The van der Waals surface area contributed by atoms with Crippen molar-refractivity contribution in [3.05, 3.63) is 108 Å². The number of halogens is 1. The molecule has 4 rings (SSSR count). The van der Waals surface area contributed by atoms with E-state index in [-0.39, 0.29) is 16.9 Å². The minimum atomic E-state index is -0.425. The van der Waals surface area contributed by atoms with Gasteiger partial charge in [0.2, 0.25) is 0 Å². The summed E-state index contributed by atoms with van der Waals surface area (Å²) in [6, 6.07) is 19.0. The Balaban J connectivity index is 1.56. The van der Waals surface area contributed by atoms with Crippen molar-refractivity contribution in [3.63, 3.8) is 0 Å². The molecule has 1 amide bonds. The Labute approximate surface area is 166 Å². The number of imidazole rings is 1. The van der Waals surface area contributed by atoms with Crippen molar-refractivity contribution in [2.45, 2.75) is 0 Å². The number of anilines is 1. The van der Waals surface area contributed by atoms with Crippen LogP contribution < -0.4 is 5.32 Å². The SMILES string of the molecule is O=C(Nc1ccc(-c2ncc[nH]2)cc1)c1ccccc1C(=O)c1ccc(F)cc1. The van der Waals surface area contributed by atoms with Crippen LogP contribution in [0.2, 0.25) is 0 Å². The monoisotopic (exact) mass is 385 g/mol. The van der Waals surface area contributed by atoms with Gasteiger partial charge in [0, 0.05) is 34.8 Å². The summed E-state index contributed by atoms with van der Waals surface area (Å²) in [5.74, 6) is -0.436. The second-order valence-corrected chi connectivity index (χ2v) is 6.35. The number of ketones is 1. The van der Waals surface area contributed by atoms with Crippen molar-refractivity contribution in [3.8, 4) is 11.4 Å². The molecule has 0 bridgehead atoms. The zero-order chi connectivity index (χ0) is 20.2. The molecule has 0 unspecified atom stereocenters. The van der Waals surface area contributed by atoms with Gasteiger partial charge in [0.1, 0.15) is 11.6 Å². The number of hydrogen-bond donors (Lipinski definition) is 2. The molecule has 0 atom stereocenters. The van der Waals surface area contributed by atoms with Gasteiger partial charge in [-0.15, -0.1) is 0 Å². The third-order valence-corrected chi connectivity index (χ3v) is 4.44. The Morgan fingerprint density at radius 3 is 2.21 bits per heavy atom. The third kappa shape index (κ3) is 3.96. The van der Waals surface area contributed by atoms with E-state index < -0.39 is 11.7 Å². The fourth-order valence-electron chi connectivity index (χ4n) is 2.97. The first-order chi connectivity index (χ1) is 14.1. The molecule has 1 heterocycles. The smallest absolute Gasteiger partial charge is 0.256 e. The average Bonchev–Trinajstić information content (AvgIpc) is 3.29. The second kappa shape index (κ2) is 7.90. The van der Waals surface area contributed by atoms with Gasteiger partial charge in [0.25, 0.3) is 5.91 Å². The molecule has 0 saturated heterocycles. The van der Waals surface area contributed by atoms with E-state index in [0.29, 0.717) is 11.3 Å². The van der Waals surface area contributed by atoms with Crippen LogP contribution in [-0.2, 0) is 0 Å². The largest absolute Gasteiger partial charge is 0.345 e. The minimum Gasteiger partial charge on any atom is -0.345 e. The molecule has 0 radical (unpaired) electrons. The number of benzene rings is 3. The first-order valence-corrected chi connectivity index (χ1v) is 8.92. The van der Waals surface area contributed by atoms with Crippen molar-refractivity contribution in [2.75, 3.05) is 5.32 Å². The van der Waals surface area contributed by atoms with Gasteiger partial charge in [0.05, 0.1) is 5.56 Å². The fourth-order valence-corrected chi connectivity index (χ4v) is 2.97. The van der Waals surface area contributed by atoms with Crippen molar-refractivity contribution in [2.24, 2.45) is 0 Å². The predicted octanol–water partition coefficient (Wildman–Crippen LogP) is 4.70. The number of nitrogens with zero attached hydrogens (tertiary/aromatic N) is 1. The van der Waals surface area contributed by atoms with Gasteiger partial charge < -0.3 is 10.3 Å². The summed E-state index contributed by atoms with van der Waals surface area (Å²) >= 11 is 0. The molecule has 4 aromatic rings. The number of rotatable bonds is 5. The standard InChI is InChI=1S/C23H16FN3O2/c24-17-9-5-15(6-10-17)21(28)19-3-1-2-4-20(19)23(29)27-18-11-7-16(8-12-18)22-25-13-14-26-22/h1-14H,(H,25,26)(H,27,29). The molecule has 5 nitrogen and oxygen atoms in total. The normalized spacial score (nSPS) is 10.5. The quantitative estimate of drug-likeness (QED) is 0.489. The summed E-state index contributed by atoms with van der Waals surface area (Å²) in [5, 5.41) is 2.80. The van der Waals surface area contributed by atoms with Crippen LogP contribution in [0.1, 0.15) is 26.3 Å². The van der Waals surface area contributed by atoms with E-state index >= 15 is 0 Å². The maximum absolute atomic E-state index is 13.1. The van der Waals surface area contributed by atoms with E-state index in [1.54, 1.807) is 48.8 Å². The Bertz CT molecular complexity index is 1150. The van der Waals surface area contributed by atoms with Crippen molar-refractivity contribution in [1.82, 2.24) is 9.97 Å². The number of hydrogen-bond acceptors (Lipinski definition) is 3. The summed E-state index contributed by atoms with van der Waals surface area (Å²) in [7, 11) is 0. The fraction of sp³-hybridized carbons (Fsp3) is 0. The van der Waals surface area contributed by atoms with E-state index in [0.717, 1.165) is 11.4 Å². The molecule has 3 aromatic carbocycles. The predicted molar refractivity (Wildman–Crippen MR) is 108 cm³/mol. The van der Waals surface area contributed by atoms with Gasteiger partial charge in [-0.05, 0) is 54.6 Å². The van der Waals surface area contributed by atoms with Crippen LogP contribution in [-0.4, -0.2) is 21.7 Å². The highest BCUT2D eigenvalue weighted by Gasteiger charge is 2.18. The van der Waals surface area contributed by atoms with Crippen LogP contribution in [0, 0.1) is 5.82 Å². The number of carbonyl (C=O) groups is 2. The highest BCUT2D eigenvalue weighted by Crippen LogP contribution is 2.20. The molecule has 0 aliphatic carbocycles. The lowest BCUT2D eigenvalue weighted by Gasteiger charge is -2.10. The third-order valence-electron chi connectivity index (χ3n) is 4.44. The molecular formula is C23H16FN3O2. The van der Waals surface area contributed by atoms with E-state index in [1.165, 1.54) is 24.3 Å². The first kappa shape index (κ1) is 18.3. The summed E-state index contributed by atoms with van der Waals surface area (Å²) in [5.41, 5.74) is 2.30.